The maximum atomic E-state index is 9.78. The molecule has 1 aromatic heterocycles. The fraction of sp³-hybridized carbons (Fsp3) is 0.300. The van der Waals surface area contributed by atoms with Crippen LogP contribution in [0.4, 0.5) is 0 Å². The first kappa shape index (κ1) is 16.0. The molecule has 2 aromatic carbocycles. The number of ether oxygens (including phenoxy) is 2. The zero-order valence-electron chi connectivity index (χ0n) is 14.0. The Labute approximate surface area is 146 Å². The molecule has 0 fully saturated rings. The van der Waals surface area contributed by atoms with Gasteiger partial charge in [-0.05, 0) is 24.1 Å². The number of aliphatic hydroxyl groups excluding tert-OH is 1. The summed E-state index contributed by atoms with van der Waals surface area (Å²) < 4.78 is 11.4. The van der Waals surface area contributed by atoms with Crippen molar-refractivity contribution in [3.05, 3.63) is 59.8 Å². The monoisotopic (exact) mass is 338 g/mol. The number of aliphatic hydroxyl groups is 1. The molecule has 1 aliphatic rings. The lowest BCUT2D eigenvalue weighted by molar-refractivity contribution is 0.169. The molecular formula is C20H22N2O3. The Morgan fingerprint density at radius 2 is 1.92 bits per heavy atom. The third kappa shape index (κ3) is 3.34. The summed E-state index contributed by atoms with van der Waals surface area (Å²) in [7, 11) is 0. The zero-order chi connectivity index (χ0) is 17.1. The SMILES string of the molecule is OC[C@@H](Cc1c[nH]c2ccccc12)NCc1cccc2c1OCCO2. The topological polar surface area (TPSA) is 66.5 Å². The standard InChI is InChI=1S/C20H22N2O3/c23-13-16(10-15-12-22-18-6-2-1-5-17(15)18)21-11-14-4-3-7-19-20(14)25-9-8-24-19/h1-7,12,16,21-23H,8-11,13H2/t16-/m1/s1. The van der Waals surface area contributed by atoms with E-state index in [1.807, 2.05) is 36.5 Å². The smallest absolute Gasteiger partial charge is 0.165 e. The van der Waals surface area contributed by atoms with Gasteiger partial charge in [-0.15, -0.1) is 0 Å². The molecule has 0 saturated heterocycles. The highest BCUT2D eigenvalue weighted by Crippen LogP contribution is 2.33. The molecule has 0 radical (unpaired) electrons. The van der Waals surface area contributed by atoms with Crippen LogP contribution in [0.15, 0.2) is 48.7 Å². The van der Waals surface area contributed by atoms with Crippen molar-refractivity contribution < 1.29 is 14.6 Å². The molecule has 0 amide bonds. The minimum atomic E-state index is -0.0282. The zero-order valence-corrected chi connectivity index (χ0v) is 14.0. The molecule has 130 valence electrons. The molecule has 0 spiro atoms. The van der Waals surface area contributed by atoms with Crippen LogP contribution in [0.1, 0.15) is 11.1 Å². The van der Waals surface area contributed by atoms with Gasteiger partial charge in [-0.1, -0.05) is 30.3 Å². The summed E-state index contributed by atoms with van der Waals surface area (Å²) in [5.41, 5.74) is 3.38. The number of benzene rings is 2. The number of hydrogen-bond acceptors (Lipinski definition) is 4. The van der Waals surface area contributed by atoms with E-state index in [-0.39, 0.29) is 12.6 Å². The first-order valence-corrected chi connectivity index (χ1v) is 8.62. The summed E-state index contributed by atoms with van der Waals surface area (Å²) in [6.45, 7) is 1.86. The van der Waals surface area contributed by atoms with Gasteiger partial charge in [-0.2, -0.15) is 0 Å². The molecule has 1 aliphatic heterocycles. The molecule has 5 heteroatoms. The van der Waals surface area contributed by atoms with Gasteiger partial charge in [0, 0.05) is 35.2 Å². The summed E-state index contributed by atoms with van der Waals surface area (Å²) in [4.78, 5) is 3.29. The molecule has 5 nitrogen and oxygen atoms in total. The highest BCUT2D eigenvalue weighted by Gasteiger charge is 2.17. The Morgan fingerprint density at radius 3 is 2.84 bits per heavy atom. The van der Waals surface area contributed by atoms with Crippen molar-refractivity contribution in [2.24, 2.45) is 0 Å². The van der Waals surface area contributed by atoms with E-state index >= 15 is 0 Å². The molecule has 25 heavy (non-hydrogen) atoms. The molecule has 4 rings (SSSR count). The number of para-hydroxylation sites is 2. The van der Waals surface area contributed by atoms with Crippen molar-refractivity contribution in [2.75, 3.05) is 19.8 Å². The molecule has 0 saturated carbocycles. The Balaban J connectivity index is 1.46. The Morgan fingerprint density at radius 1 is 1.04 bits per heavy atom. The lowest BCUT2D eigenvalue weighted by atomic mass is 10.0. The lowest BCUT2D eigenvalue weighted by Gasteiger charge is -2.22. The number of fused-ring (bicyclic) bond motifs is 2. The van der Waals surface area contributed by atoms with Gasteiger partial charge in [-0.25, -0.2) is 0 Å². The van der Waals surface area contributed by atoms with E-state index in [4.69, 9.17) is 9.47 Å². The van der Waals surface area contributed by atoms with Gasteiger partial charge in [0.2, 0.25) is 0 Å². The number of rotatable bonds is 6. The maximum absolute atomic E-state index is 9.78. The Hall–Kier alpha value is -2.50. The van der Waals surface area contributed by atoms with Crippen molar-refractivity contribution in [3.8, 4) is 11.5 Å². The number of nitrogens with one attached hydrogen (secondary N) is 2. The van der Waals surface area contributed by atoms with Crippen molar-refractivity contribution in [1.29, 1.82) is 0 Å². The van der Waals surface area contributed by atoms with Crippen LogP contribution in [-0.2, 0) is 13.0 Å². The highest BCUT2D eigenvalue weighted by atomic mass is 16.6. The number of aromatic amines is 1. The maximum Gasteiger partial charge on any atom is 0.165 e. The fourth-order valence-corrected chi connectivity index (χ4v) is 3.29. The number of H-pyrrole nitrogens is 1. The lowest BCUT2D eigenvalue weighted by Crippen LogP contribution is -2.34. The summed E-state index contributed by atoms with van der Waals surface area (Å²) in [6, 6.07) is 14.1. The predicted molar refractivity (Wildman–Crippen MR) is 97.1 cm³/mol. The van der Waals surface area contributed by atoms with Crippen molar-refractivity contribution in [3.63, 3.8) is 0 Å². The largest absolute Gasteiger partial charge is 0.486 e. The van der Waals surface area contributed by atoms with E-state index in [1.165, 1.54) is 10.9 Å². The Kier molecular flexibility index (Phi) is 4.59. The van der Waals surface area contributed by atoms with E-state index in [9.17, 15) is 5.11 Å². The van der Waals surface area contributed by atoms with Crippen LogP contribution in [0.2, 0.25) is 0 Å². The van der Waals surface area contributed by atoms with Crippen molar-refractivity contribution in [1.82, 2.24) is 10.3 Å². The molecule has 3 N–H and O–H groups in total. The Bertz CT molecular complexity index is 859. The fourth-order valence-electron chi connectivity index (χ4n) is 3.29. The van der Waals surface area contributed by atoms with Crippen LogP contribution in [0.25, 0.3) is 10.9 Å². The van der Waals surface area contributed by atoms with Crippen LogP contribution in [0, 0.1) is 0 Å². The molecule has 2 heterocycles. The third-order valence-electron chi connectivity index (χ3n) is 4.59. The second-order valence-corrected chi connectivity index (χ2v) is 6.27. The molecule has 0 aliphatic carbocycles. The second-order valence-electron chi connectivity index (χ2n) is 6.27. The van der Waals surface area contributed by atoms with Crippen molar-refractivity contribution in [2.45, 2.75) is 19.0 Å². The van der Waals surface area contributed by atoms with Gasteiger partial charge in [0.15, 0.2) is 11.5 Å². The van der Waals surface area contributed by atoms with Gasteiger partial charge >= 0.3 is 0 Å². The first-order chi connectivity index (χ1) is 12.3. The van der Waals surface area contributed by atoms with Crippen LogP contribution in [0.5, 0.6) is 11.5 Å². The summed E-state index contributed by atoms with van der Waals surface area (Å²) in [6.07, 6.45) is 2.78. The minimum absolute atomic E-state index is 0.0282. The highest BCUT2D eigenvalue weighted by molar-refractivity contribution is 5.83. The molecule has 1 atom stereocenters. The van der Waals surface area contributed by atoms with E-state index in [2.05, 4.69) is 22.4 Å². The predicted octanol–water partition coefficient (Wildman–Crippen LogP) is 2.63. The average molecular weight is 338 g/mol. The van der Waals surface area contributed by atoms with Crippen LogP contribution in [0.3, 0.4) is 0 Å². The van der Waals surface area contributed by atoms with Crippen LogP contribution in [-0.4, -0.2) is 36.0 Å². The van der Waals surface area contributed by atoms with E-state index in [1.54, 1.807) is 0 Å². The average Bonchev–Trinajstić information content (AvgIpc) is 3.08. The van der Waals surface area contributed by atoms with E-state index in [0.29, 0.717) is 19.8 Å². The molecular weight excluding hydrogens is 316 g/mol. The van der Waals surface area contributed by atoms with Gasteiger partial charge in [0.1, 0.15) is 13.2 Å². The molecule has 0 bridgehead atoms. The summed E-state index contributed by atoms with van der Waals surface area (Å²) in [5, 5.41) is 14.4. The van der Waals surface area contributed by atoms with Gasteiger partial charge in [0.05, 0.1) is 6.61 Å². The molecule has 3 aromatic rings. The first-order valence-electron chi connectivity index (χ1n) is 8.62. The summed E-state index contributed by atoms with van der Waals surface area (Å²) in [5.74, 6) is 1.60. The quantitative estimate of drug-likeness (QED) is 0.646. The van der Waals surface area contributed by atoms with Gasteiger partial charge in [0.25, 0.3) is 0 Å². The van der Waals surface area contributed by atoms with Crippen LogP contribution >= 0.6 is 0 Å². The number of hydrogen-bond donors (Lipinski definition) is 3. The second kappa shape index (κ2) is 7.17. The summed E-state index contributed by atoms with van der Waals surface area (Å²) >= 11 is 0. The van der Waals surface area contributed by atoms with E-state index in [0.717, 1.165) is 29.0 Å². The third-order valence-corrected chi connectivity index (χ3v) is 4.59. The van der Waals surface area contributed by atoms with Gasteiger partial charge < -0.3 is 24.9 Å². The van der Waals surface area contributed by atoms with E-state index < -0.39 is 0 Å². The molecule has 0 unspecified atom stereocenters. The van der Waals surface area contributed by atoms with Gasteiger partial charge in [-0.3, -0.25) is 0 Å². The van der Waals surface area contributed by atoms with Crippen LogP contribution < -0.4 is 14.8 Å². The van der Waals surface area contributed by atoms with Crippen molar-refractivity contribution >= 4 is 10.9 Å². The minimum Gasteiger partial charge on any atom is -0.486 e. The number of aromatic nitrogens is 1. The normalized spacial score (nSPS) is 14.6.